The van der Waals surface area contributed by atoms with Gasteiger partial charge in [-0.05, 0) is 24.3 Å². The fourth-order valence-electron chi connectivity index (χ4n) is 1.57. The molecule has 2 rings (SSSR count). The third-order valence-corrected chi connectivity index (χ3v) is 2.89. The van der Waals surface area contributed by atoms with Gasteiger partial charge in [0.05, 0.1) is 5.56 Å². The molecule has 0 atom stereocenters. The van der Waals surface area contributed by atoms with Gasteiger partial charge in [0.15, 0.2) is 0 Å². The Bertz CT molecular complexity index is 652. The number of carbonyl (C=O) groups excluding carboxylic acids is 1. The van der Waals surface area contributed by atoms with Crippen LogP contribution in [-0.2, 0) is 6.18 Å². The molecule has 1 aromatic carbocycles. The molecule has 4 N–H and O–H groups in total. The van der Waals surface area contributed by atoms with Crippen molar-refractivity contribution in [1.82, 2.24) is 4.98 Å². The van der Waals surface area contributed by atoms with Crippen molar-refractivity contribution in [1.29, 1.82) is 0 Å². The third-order valence-electron chi connectivity index (χ3n) is 2.43. The van der Waals surface area contributed by atoms with E-state index in [0.717, 1.165) is 12.1 Å². The van der Waals surface area contributed by atoms with Crippen LogP contribution in [0, 0.1) is 0 Å². The second kappa shape index (κ2) is 5.20. The van der Waals surface area contributed by atoms with E-state index in [-0.39, 0.29) is 15.9 Å². The summed E-state index contributed by atoms with van der Waals surface area (Å²) in [4.78, 5) is 14.4. The predicted octanol–water partition coefficient (Wildman–Crippen LogP) is 3.63. The third kappa shape index (κ3) is 3.32. The van der Waals surface area contributed by atoms with E-state index in [4.69, 9.17) is 5.73 Å². The molecule has 0 unspecified atom stereocenters. The Morgan fingerprint density at radius 2 is 1.95 bits per heavy atom. The zero-order valence-electron chi connectivity index (χ0n) is 9.88. The molecule has 4 nitrogen and oxygen atoms in total. The number of carbonyl (C=O) groups is 1. The molecule has 1 aromatic heterocycles. The summed E-state index contributed by atoms with van der Waals surface area (Å²) in [5.74, 6) is -0.576. The number of nitrogen functional groups attached to an aromatic ring is 1. The summed E-state index contributed by atoms with van der Waals surface area (Å²) < 4.78 is 38.2. The van der Waals surface area contributed by atoms with Crippen LogP contribution >= 0.6 is 15.9 Å². The zero-order valence-corrected chi connectivity index (χ0v) is 11.5. The van der Waals surface area contributed by atoms with Crippen LogP contribution in [0.4, 0.5) is 24.5 Å². The van der Waals surface area contributed by atoms with Gasteiger partial charge < -0.3 is 16.0 Å². The molecule has 0 fully saturated rings. The topological polar surface area (TPSA) is 70.9 Å². The first-order valence-corrected chi connectivity index (χ1v) is 6.18. The Hall–Kier alpha value is -1.96. The minimum atomic E-state index is -4.49. The molecule has 20 heavy (non-hydrogen) atoms. The molecule has 0 aliphatic heterocycles. The second-order valence-corrected chi connectivity index (χ2v) is 4.94. The molecule has 0 spiro atoms. The summed E-state index contributed by atoms with van der Waals surface area (Å²) in [5.41, 5.74) is 5.15. The minimum Gasteiger partial charge on any atom is -0.397 e. The van der Waals surface area contributed by atoms with Gasteiger partial charge in [-0.2, -0.15) is 13.2 Å². The lowest BCUT2D eigenvalue weighted by Gasteiger charge is -2.10. The first-order valence-electron chi connectivity index (χ1n) is 5.39. The van der Waals surface area contributed by atoms with Gasteiger partial charge in [0.1, 0.15) is 5.69 Å². The summed E-state index contributed by atoms with van der Waals surface area (Å²) in [6, 6.07) is 4.55. The van der Waals surface area contributed by atoms with E-state index in [9.17, 15) is 18.0 Å². The Morgan fingerprint density at radius 3 is 2.50 bits per heavy atom. The number of alkyl halides is 3. The molecule has 0 aliphatic carbocycles. The molecule has 0 saturated heterocycles. The van der Waals surface area contributed by atoms with Gasteiger partial charge in [-0.3, -0.25) is 4.79 Å². The van der Waals surface area contributed by atoms with Crippen molar-refractivity contribution < 1.29 is 18.0 Å². The largest absolute Gasteiger partial charge is 0.416 e. The summed E-state index contributed by atoms with van der Waals surface area (Å²) in [5, 5.41) is 2.37. The fourth-order valence-corrected chi connectivity index (χ4v) is 2.06. The zero-order chi connectivity index (χ0) is 14.9. The van der Waals surface area contributed by atoms with E-state index >= 15 is 0 Å². The molecule has 0 bridgehead atoms. The molecule has 1 amide bonds. The van der Waals surface area contributed by atoms with Gasteiger partial charge in [0, 0.05) is 22.0 Å². The monoisotopic (exact) mass is 347 g/mol. The molecular weight excluding hydrogens is 339 g/mol. The number of hydrogen-bond donors (Lipinski definition) is 3. The Labute approximate surface area is 120 Å². The van der Waals surface area contributed by atoms with Gasteiger partial charge in [-0.25, -0.2) is 0 Å². The van der Waals surface area contributed by atoms with E-state index in [0.29, 0.717) is 5.69 Å². The maximum atomic E-state index is 12.7. The molecule has 0 aliphatic rings. The van der Waals surface area contributed by atoms with Gasteiger partial charge in [-0.1, -0.05) is 15.9 Å². The molecule has 106 valence electrons. The van der Waals surface area contributed by atoms with E-state index < -0.39 is 17.6 Å². The van der Waals surface area contributed by atoms with E-state index in [1.165, 1.54) is 18.3 Å². The standard InChI is InChI=1S/C12H9BrF3N3O/c13-7-1-6(12(14,15)16)2-9(3-7)19-11(20)10-4-8(17)5-18-10/h1-5,18H,17H2,(H,19,20). The summed E-state index contributed by atoms with van der Waals surface area (Å²) >= 11 is 2.98. The van der Waals surface area contributed by atoms with Crippen LogP contribution in [-0.4, -0.2) is 10.9 Å². The van der Waals surface area contributed by atoms with Crippen LogP contribution < -0.4 is 11.1 Å². The maximum Gasteiger partial charge on any atom is 0.416 e. The highest BCUT2D eigenvalue weighted by molar-refractivity contribution is 9.10. The van der Waals surface area contributed by atoms with Crippen LogP contribution in [0.5, 0.6) is 0 Å². The van der Waals surface area contributed by atoms with Crippen LogP contribution in [0.2, 0.25) is 0 Å². The van der Waals surface area contributed by atoms with Crippen molar-refractivity contribution in [2.75, 3.05) is 11.1 Å². The van der Waals surface area contributed by atoms with Crippen molar-refractivity contribution in [2.24, 2.45) is 0 Å². The highest BCUT2D eigenvalue weighted by Gasteiger charge is 2.31. The van der Waals surface area contributed by atoms with Crippen LogP contribution in [0.3, 0.4) is 0 Å². The van der Waals surface area contributed by atoms with Crippen LogP contribution in [0.15, 0.2) is 34.9 Å². The predicted molar refractivity (Wildman–Crippen MR) is 72.3 cm³/mol. The second-order valence-electron chi connectivity index (χ2n) is 4.03. The number of benzene rings is 1. The smallest absolute Gasteiger partial charge is 0.397 e. The number of anilines is 2. The first-order chi connectivity index (χ1) is 9.25. The first kappa shape index (κ1) is 14.4. The van der Waals surface area contributed by atoms with Gasteiger partial charge in [-0.15, -0.1) is 0 Å². The number of aromatic amines is 1. The van der Waals surface area contributed by atoms with Gasteiger partial charge >= 0.3 is 6.18 Å². The normalized spacial score (nSPS) is 11.4. The SMILES string of the molecule is Nc1c[nH]c(C(=O)Nc2cc(Br)cc(C(F)(F)F)c2)c1. The van der Waals surface area contributed by atoms with Crippen molar-refractivity contribution in [2.45, 2.75) is 6.18 Å². The lowest BCUT2D eigenvalue weighted by molar-refractivity contribution is -0.137. The molecule has 1 heterocycles. The quantitative estimate of drug-likeness (QED) is 0.776. The lowest BCUT2D eigenvalue weighted by Crippen LogP contribution is -2.13. The summed E-state index contributed by atoms with van der Waals surface area (Å²) in [6.45, 7) is 0. The summed E-state index contributed by atoms with van der Waals surface area (Å²) in [6.07, 6.45) is -3.07. The molecule has 2 aromatic rings. The average molecular weight is 348 g/mol. The number of aromatic nitrogens is 1. The Morgan fingerprint density at radius 1 is 1.25 bits per heavy atom. The van der Waals surface area contributed by atoms with E-state index in [2.05, 4.69) is 26.2 Å². The number of halogens is 4. The highest BCUT2D eigenvalue weighted by atomic mass is 79.9. The summed E-state index contributed by atoms with van der Waals surface area (Å²) in [7, 11) is 0. The number of nitrogens with two attached hydrogens (primary N) is 1. The number of nitrogens with one attached hydrogen (secondary N) is 2. The van der Waals surface area contributed by atoms with E-state index in [1.807, 2.05) is 0 Å². The highest BCUT2D eigenvalue weighted by Crippen LogP contribution is 2.33. The van der Waals surface area contributed by atoms with Crippen molar-refractivity contribution in [3.05, 3.63) is 46.2 Å². The average Bonchev–Trinajstić information content (AvgIpc) is 2.74. The van der Waals surface area contributed by atoms with E-state index in [1.54, 1.807) is 0 Å². The van der Waals surface area contributed by atoms with Crippen LogP contribution in [0.25, 0.3) is 0 Å². The number of hydrogen-bond acceptors (Lipinski definition) is 2. The molecule has 0 radical (unpaired) electrons. The number of amides is 1. The fraction of sp³-hybridized carbons (Fsp3) is 0.0833. The van der Waals surface area contributed by atoms with Gasteiger partial charge in [0.2, 0.25) is 0 Å². The maximum absolute atomic E-state index is 12.7. The molecule has 0 saturated carbocycles. The Balaban J connectivity index is 2.25. The van der Waals surface area contributed by atoms with Gasteiger partial charge in [0.25, 0.3) is 5.91 Å². The number of rotatable bonds is 2. The molecular formula is C12H9BrF3N3O. The van der Waals surface area contributed by atoms with Crippen LogP contribution in [0.1, 0.15) is 16.1 Å². The van der Waals surface area contributed by atoms with Crippen molar-refractivity contribution >= 4 is 33.2 Å². The van der Waals surface area contributed by atoms with Crippen molar-refractivity contribution in [3.8, 4) is 0 Å². The lowest BCUT2D eigenvalue weighted by atomic mass is 10.2. The number of H-pyrrole nitrogens is 1. The van der Waals surface area contributed by atoms with Crippen molar-refractivity contribution in [3.63, 3.8) is 0 Å². The molecule has 8 heteroatoms. The minimum absolute atomic E-state index is 0.0323. The Kier molecular flexibility index (Phi) is 3.76.